The molecule has 1 saturated carbocycles. The first-order chi connectivity index (χ1) is 8.29. The molecule has 1 saturated heterocycles. The maximum atomic E-state index is 11.1. The maximum absolute atomic E-state index is 11.1. The Balaban J connectivity index is 1.84. The molecule has 0 N–H and O–H groups in total. The first-order valence-corrected chi connectivity index (χ1v) is 8.03. The van der Waals surface area contributed by atoms with Crippen LogP contribution in [0.3, 0.4) is 0 Å². The maximum Gasteiger partial charge on any atom is 0.186 e. The topological polar surface area (TPSA) is 33.2 Å². The first-order valence-electron chi connectivity index (χ1n) is 6.06. The van der Waals surface area contributed by atoms with Crippen molar-refractivity contribution in [2.24, 2.45) is 0 Å². The van der Waals surface area contributed by atoms with E-state index in [2.05, 4.69) is 11.9 Å². The molecule has 3 nitrogen and oxygen atoms in total. The Kier molecular flexibility index (Phi) is 3.13. The van der Waals surface area contributed by atoms with Crippen LogP contribution in [0.1, 0.15) is 40.5 Å². The van der Waals surface area contributed by atoms with Crippen LogP contribution in [0.25, 0.3) is 0 Å². The minimum Gasteiger partial charge on any atom is -0.347 e. The van der Waals surface area contributed by atoms with Crippen LogP contribution >= 0.6 is 23.1 Å². The van der Waals surface area contributed by atoms with Gasteiger partial charge in [-0.05, 0) is 25.0 Å². The van der Waals surface area contributed by atoms with Gasteiger partial charge in [0, 0.05) is 24.8 Å². The molecule has 2 heterocycles. The van der Waals surface area contributed by atoms with Crippen LogP contribution in [0, 0.1) is 0 Å². The summed E-state index contributed by atoms with van der Waals surface area (Å²) in [5.41, 5.74) is 1.05. The van der Waals surface area contributed by atoms with Crippen LogP contribution in [-0.4, -0.2) is 35.9 Å². The Morgan fingerprint density at radius 3 is 2.82 bits per heavy atom. The number of hydrogen-bond donors (Lipinski definition) is 0. The summed E-state index contributed by atoms with van der Waals surface area (Å²) in [7, 11) is 2.11. The molecule has 2 aliphatic rings. The SMILES string of the molecule is CN(c1nc(C2CC2)c(C=O)s1)C1CCSC1. The van der Waals surface area contributed by atoms with E-state index in [0.717, 1.165) is 22.0 Å². The molecule has 0 amide bonds. The van der Waals surface area contributed by atoms with Gasteiger partial charge >= 0.3 is 0 Å². The average Bonchev–Trinajstić information content (AvgIpc) is 2.91. The lowest BCUT2D eigenvalue weighted by molar-refractivity contribution is 0.112. The Hall–Kier alpha value is -0.550. The number of rotatable bonds is 4. The molecule has 0 radical (unpaired) electrons. The van der Waals surface area contributed by atoms with Gasteiger partial charge in [0.05, 0.1) is 10.6 Å². The molecular formula is C12H16N2OS2. The number of anilines is 1. The van der Waals surface area contributed by atoms with E-state index < -0.39 is 0 Å². The molecule has 5 heteroatoms. The summed E-state index contributed by atoms with van der Waals surface area (Å²) < 4.78 is 0. The zero-order valence-electron chi connectivity index (χ0n) is 9.89. The van der Waals surface area contributed by atoms with Crippen molar-refractivity contribution in [2.75, 3.05) is 23.5 Å². The largest absolute Gasteiger partial charge is 0.347 e. The summed E-state index contributed by atoms with van der Waals surface area (Å²) in [4.78, 5) is 18.9. The van der Waals surface area contributed by atoms with Crippen LogP contribution < -0.4 is 4.90 Å². The second-order valence-corrected chi connectivity index (χ2v) is 6.93. The highest BCUT2D eigenvalue weighted by molar-refractivity contribution is 7.99. The minimum atomic E-state index is 0.562. The van der Waals surface area contributed by atoms with Crippen LogP contribution in [0.2, 0.25) is 0 Å². The van der Waals surface area contributed by atoms with E-state index in [9.17, 15) is 4.79 Å². The fraction of sp³-hybridized carbons (Fsp3) is 0.667. The van der Waals surface area contributed by atoms with Gasteiger partial charge in [-0.25, -0.2) is 4.98 Å². The Morgan fingerprint density at radius 2 is 2.24 bits per heavy atom. The molecular weight excluding hydrogens is 252 g/mol. The predicted octanol–water partition coefficient (Wildman–Crippen LogP) is 2.77. The third-order valence-electron chi connectivity index (χ3n) is 3.50. The number of carbonyl (C=O) groups is 1. The van der Waals surface area contributed by atoms with E-state index >= 15 is 0 Å². The smallest absolute Gasteiger partial charge is 0.186 e. The number of nitrogens with zero attached hydrogens (tertiary/aromatic N) is 2. The highest BCUT2D eigenvalue weighted by atomic mass is 32.2. The molecule has 92 valence electrons. The second kappa shape index (κ2) is 4.61. The molecule has 3 rings (SSSR count). The quantitative estimate of drug-likeness (QED) is 0.786. The Morgan fingerprint density at radius 1 is 1.41 bits per heavy atom. The lowest BCUT2D eigenvalue weighted by atomic mass is 10.2. The fourth-order valence-corrected chi connectivity index (χ4v) is 4.47. The minimum absolute atomic E-state index is 0.562. The average molecular weight is 268 g/mol. The normalized spacial score (nSPS) is 23.9. The Bertz CT molecular complexity index is 422. The molecule has 1 aromatic heterocycles. The van der Waals surface area contributed by atoms with Crippen molar-refractivity contribution in [2.45, 2.75) is 31.2 Å². The molecule has 0 bridgehead atoms. The molecule has 17 heavy (non-hydrogen) atoms. The van der Waals surface area contributed by atoms with E-state index in [1.165, 1.54) is 30.8 Å². The van der Waals surface area contributed by atoms with Gasteiger partial charge in [0.1, 0.15) is 0 Å². The predicted molar refractivity (Wildman–Crippen MR) is 73.6 cm³/mol. The standard InChI is InChI=1S/C12H16N2OS2/c1-14(9-4-5-16-7-9)12-13-11(8-2-3-8)10(6-15)17-12/h6,8-9H,2-5,7H2,1H3. The number of aromatic nitrogens is 1. The Labute approximate surface area is 110 Å². The summed E-state index contributed by atoms with van der Waals surface area (Å²) in [6.07, 6.45) is 4.61. The molecule has 1 unspecified atom stereocenters. The molecule has 1 aliphatic carbocycles. The van der Waals surface area contributed by atoms with Crippen molar-refractivity contribution >= 4 is 34.5 Å². The van der Waals surface area contributed by atoms with Gasteiger partial charge in [-0.2, -0.15) is 11.8 Å². The van der Waals surface area contributed by atoms with Gasteiger partial charge in [0.25, 0.3) is 0 Å². The summed E-state index contributed by atoms with van der Waals surface area (Å²) in [5, 5.41) is 1.03. The molecule has 1 aliphatic heterocycles. The van der Waals surface area contributed by atoms with Crippen molar-refractivity contribution in [1.82, 2.24) is 4.98 Å². The zero-order valence-corrected chi connectivity index (χ0v) is 11.5. The van der Waals surface area contributed by atoms with E-state index in [1.54, 1.807) is 11.3 Å². The number of hydrogen-bond acceptors (Lipinski definition) is 5. The molecule has 2 fully saturated rings. The van der Waals surface area contributed by atoms with Gasteiger partial charge < -0.3 is 4.90 Å². The third-order valence-corrected chi connectivity index (χ3v) is 5.73. The molecule has 0 aromatic carbocycles. The third kappa shape index (κ3) is 2.22. The van der Waals surface area contributed by atoms with E-state index in [1.807, 2.05) is 11.8 Å². The fourth-order valence-electron chi connectivity index (χ4n) is 2.20. The van der Waals surface area contributed by atoms with Crippen LogP contribution in [0.4, 0.5) is 5.13 Å². The molecule has 1 aromatic rings. The van der Waals surface area contributed by atoms with E-state index in [4.69, 9.17) is 4.98 Å². The molecule has 0 spiro atoms. The first kappa shape index (κ1) is 11.5. The van der Waals surface area contributed by atoms with E-state index in [-0.39, 0.29) is 0 Å². The van der Waals surface area contributed by atoms with E-state index in [0.29, 0.717) is 12.0 Å². The van der Waals surface area contributed by atoms with Gasteiger partial charge in [-0.15, -0.1) is 0 Å². The second-order valence-electron chi connectivity index (χ2n) is 4.77. The lowest BCUT2D eigenvalue weighted by Gasteiger charge is -2.22. The van der Waals surface area contributed by atoms with Crippen molar-refractivity contribution < 1.29 is 4.79 Å². The van der Waals surface area contributed by atoms with Gasteiger partial charge in [0.15, 0.2) is 11.4 Å². The van der Waals surface area contributed by atoms with Crippen molar-refractivity contribution in [1.29, 1.82) is 0 Å². The zero-order chi connectivity index (χ0) is 11.8. The van der Waals surface area contributed by atoms with Crippen LogP contribution in [0.15, 0.2) is 0 Å². The van der Waals surface area contributed by atoms with Crippen LogP contribution in [-0.2, 0) is 0 Å². The van der Waals surface area contributed by atoms with Crippen molar-refractivity contribution in [3.8, 4) is 0 Å². The number of thioether (sulfide) groups is 1. The number of aldehydes is 1. The number of thiazole rings is 1. The highest BCUT2D eigenvalue weighted by Crippen LogP contribution is 2.44. The summed E-state index contributed by atoms with van der Waals surface area (Å²) in [6.45, 7) is 0. The van der Waals surface area contributed by atoms with Crippen molar-refractivity contribution in [3.63, 3.8) is 0 Å². The summed E-state index contributed by atoms with van der Waals surface area (Å²) in [6, 6.07) is 0.595. The van der Waals surface area contributed by atoms with Gasteiger partial charge in [0.2, 0.25) is 0 Å². The summed E-state index contributed by atoms with van der Waals surface area (Å²) in [5.74, 6) is 2.99. The van der Waals surface area contributed by atoms with Gasteiger partial charge in [-0.3, -0.25) is 4.79 Å². The highest BCUT2D eigenvalue weighted by Gasteiger charge is 2.31. The van der Waals surface area contributed by atoms with Crippen molar-refractivity contribution in [3.05, 3.63) is 10.6 Å². The monoisotopic (exact) mass is 268 g/mol. The molecule has 1 atom stereocenters. The number of carbonyl (C=O) groups excluding carboxylic acids is 1. The summed E-state index contributed by atoms with van der Waals surface area (Å²) >= 11 is 3.57. The lowest BCUT2D eigenvalue weighted by Crippen LogP contribution is -2.31. The van der Waals surface area contributed by atoms with Gasteiger partial charge in [-0.1, -0.05) is 11.3 Å². The van der Waals surface area contributed by atoms with Crippen LogP contribution in [0.5, 0.6) is 0 Å².